The zero-order valence-corrected chi connectivity index (χ0v) is 12.6. The summed E-state index contributed by atoms with van der Waals surface area (Å²) in [6, 6.07) is 6.58. The van der Waals surface area contributed by atoms with Crippen molar-refractivity contribution >= 4 is 17.7 Å². The highest BCUT2D eigenvalue weighted by atomic mass is 16.6. The van der Waals surface area contributed by atoms with Gasteiger partial charge in [-0.1, -0.05) is 18.2 Å². The molecule has 1 amide bonds. The number of benzene rings is 1. The van der Waals surface area contributed by atoms with Crippen molar-refractivity contribution in [2.75, 3.05) is 5.73 Å². The van der Waals surface area contributed by atoms with E-state index in [0.29, 0.717) is 12.1 Å². The number of nitrogens with two attached hydrogens (primary N) is 1. The lowest BCUT2D eigenvalue weighted by atomic mass is 10.0. The van der Waals surface area contributed by atoms with Crippen LogP contribution in [0.25, 0.3) is 0 Å². The van der Waals surface area contributed by atoms with Crippen molar-refractivity contribution in [2.45, 2.75) is 45.3 Å². The summed E-state index contributed by atoms with van der Waals surface area (Å²) in [4.78, 5) is 22.7. The van der Waals surface area contributed by atoms with Gasteiger partial charge in [0.2, 0.25) is 0 Å². The first-order valence-electron chi connectivity index (χ1n) is 6.72. The van der Waals surface area contributed by atoms with E-state index in [0.717, 1.165) is 5.56 Å². The summed E-state index contributed by atoms with van der Waals surface area (Å²) >= 11 is 0. The summed E-state index contributed by atoms with van der Waals surface area (Å²) in [7, 11) is 0. The number of alkyl carbamates (subject to hydrolysis) is 1. The highest BCUT2D eigenvalue weighted by Crippen LogP contribution is 2.15. The molecule has 1 aromatic rings. The Morgan fingerprint density at radius 3 is 2.48 bits per heavy atom. The van der Waals surface area contributed by atoms with Crippen LogP contribution in [-0.4, -0.2) is 28.8 Å². The van der Waals surface area contributed by atoms with Crippen molar-refractivity contribution in [2.24, 2.45) is 0 Å². The summed E-state index contributed by atoms with van der Waals surface area (Å²) in [5.74, 6) is -0.995. The smallest absolute Gasteiger partial charge is 0.407 e. The number of carbonyl (C=O) groups is 2. The van der Waals surface area contributed by atoms with Crippen LogP contribution in [0.5, 0.6) is 0 Å². The average molecular weight is 294 g/mol. The molecule has 116 valence electrons. The number of carbonyl (C=O) groups excluding carboxylic acids is 1. The van der Waals surface area contributed by atoms with E-state index in [-0.39, 0.29) is 6.42 Å². The summed E-state index contributed by atoms with van der Waals surface area (Å²) in [5.41, 5.74) is 6.57. The van der Waals surface area contributed by atoms with Gasteiger partial charge in [0.1, 0.15) is 5.60 Å². The Morgan fingerprint density at radius 2 is 1.95 bits per heavy atom. The van der Waals surface area contributed by atoms with Crippen molar-refractivity contribution in [1.29, 1.82) is 0 Å². The van der Waals surface area contributed by atoms with Crippen LogP contribution in [0.2, 0.25) is 0 Å². The molecular formula is C15H22N2O4. The third kappa shape index (κ3) is 6.65. The number of amides is 1. The van der Waals surface area contributed by atoms with Crippen LogP contribution in [0.15, 0.2) is 24.3 Å². The Kier molecular flexibility index (Phi) is 5.58. The predicted octanol–water partition coefficient (Wildman–Crippen LogP) is 2.18. The zero-order valence-electron chi connectivity index (χ0n) is 12.6. The number of anilines is 1. The largest absolute Gasteiger partial charge is 0.481 e. The molecule has 0 aliphatic rings. The minimum atomic E-state index is -0.995. The summed E-state index contributed by atoms with van der Waals surface area (Å²) in [5, 5.41) is 11.5. The molecule has 0 saturated heterocycles. The van der Waals surface area contributed by atoms with Gasteiger partial charge in [0.15, 0.2) is 0 Å². The fraction of sp³-hybridized carbons (Fsp3) is 0.467. The maximum absolute atomic E-state index is 11.8. The molecule has 1 rings (SSSR count). The number of nitrogens with one attached hydrogen (secondary N) is 1. The maximum Gasteiger partial charge on any atom is 0.407 e. The molecule has 0 spiro atoms. The highest BCUT2D eigenvalue weighted by molar-refractivity contribution is 5.71. The molecule has 0 radical (unpaired) electrons. The van der Waals surface area contributed by atoms with Crippen LogP contribution in [-0.2, 0) is 16.0 Å². The van der Waals surface area contributed by atoms with Gasteiger partial charge in [-0.2, -0.15) is 0 Å². The molecule has 1 aromatic carbocycles. The van der Waals surface area contributed by atoms with Gasteiger partial charge in [0, 0.05) is 11.7 Å². The lowest BCUT2D eigenvalue weighted by Crippen LogP contribution is -2.41. The van der Waals surface area contributed by atoms with E-state index >= 15 is 0 Å². The normalized spacial score (nSPS) is 12.5. The van der Waals surface area contributed by atoms with Gasteiger partial charge in [-0.3, -0.25) is 4.79 Å². The van der Waals surface area contributed by atoms with Crippen molar-refractivity contribution in [3.05, 3.63) is 29.8 Å². The van der Waals surface area contributed by atoms with E-state index in [9.17, 15) is 9.59 Å². The van der Waals surface area contributed by atoms with E-state index in [1.54, 1.807) is 39.0 Å². The Hall–Kier alpha value is -2.24. The molecule has 0 aliphatic carbocycles. The first-order valence-corrected chi connectivity index (χ1v) is 6.72. The second kappa shape index (κ2) is 6.97. The monoisotopic (exact) mass is 294 g/mol. The molecule has 1 unspecified atom stereocenters. The highest BCUT2D eigenvalue weighted by Gasteiger charge is 2.22. The number of aliphatic carboxylic acids is 1. The van der Waals surface area contributed by atoms with Crippen molar-refractivity contribution in [3.63, 3.8) is 0 Å². The number of hydrogen-bond donors (Lipinski definition) is 3. The van der Waals surface area contributed by atoms with Crippen molar-refractivity contribution in [1.82, 2.24) is 5.32 Å². The van der Waals surface area contributed by atoms with Crippen LogP contribution in [0, 0.1) is 0 Å². The molecule has 0 saturated carbocycles. The predicted molar refractivity (Wildman–Crippen MR) is 80.0 cm³/mol. The van der Waals surface area contributed by atoms with Gasteiger partial charge >= 0.3 is 12.1 Å². The van der Waals surface area contributed by atoms with Crippen molar-refractivity contribution < 1.29 is 19.4 Å². The minimum absolute atomic E-state index is 0.201. The van der Waals surface area contributed by atoms with E-state index in [2.05, 4.69) is 5.32 Å². The molecule has 6 nitrogen and oxygen atoms in total. The molecule has 0 aromatic heterocycles. The molecular weight excluding hydrogens is 272 g/mol. The summed E-state index contributed by atoms with van der Waals surface area (Å²) < 4.78 is 5.14. The molecule has 0 fully saturated rings. The van der Waals surface area contributed by atoms with Gasteiger partial charge < -0.3 is 20.9 Å². The summed E-state index contributed by atoms with van der Waals surface area (Å²) in [6.45, 7) is 5.23. The van der Waals surface area contributed by atoms with E-state index in [1.165, 1.54) is 0 Å². The molecule has 0 aliphatic heterocycles. The number of nitrogen functional groups attached to an aromatic ring is 1. The molecule has 6 heteroatoms. The maximum atomic E-state index is 11.8. The number of carboxylic acid groups (broad SMARTS) is 1. The first kappa shape index (κ1) is 16.8. The van der Waals surface area contributed by atoms with Crippen molar-refractivity contribution in [3.8, 4) is 0 Å². The number of ether oxygens (including phenoxy) is 1. The van der Waals surface area contributed by atoms with Gasteiger partial charge in [0.25, 0.3) is 0 Å². The Morgan fingerprint density at radius 1 is 1.33 bits per heavy atom. The van der Waals surface area contributed by atoms with Crippen LogP contribution in [0.4, 0.5) is 10.5 Å². The van der Waals surface area contributed by atoms with Gasteiger partial charge in [-0.05, 0) is 38.8 Å². The van der Waals surface area contributed by atoms with E-state index in [1.807, 2.05) is 6.07 Å². The first-order chi connectivity index (χ1) is 9.67. The SMILES string of the molecule is CC(C)(C)OC(=O)NC(CC(=O)O)Cc1ccccc1N. The Balaban J connectivity index is 2.75. The van der Waals surface area contributed by atoms with E-state index in [4.69, 9.17) is 15.6 Å². The Bertz CT molecular complexity index is 509. The molecule has 21 heavy (non-hydrogen) atoms. The Labute approximate surface area is 124 Å². The molecule has 0 bridgehead atoms. The molecule has 1 atom stereocenters. The number of rotatable bonds is 5. The minimum Gasteiger partial charge on any atom is -0.481 e. The molecule has 4 N–H and O–H groups in total. The lowest BCUT2D eigenvalue weighted by Gasteiger charge is -2.23. The van der Waals surface area contributed by atoms with Crippen LogP contribution < -0.4 is 11.1 Å². The van der Waals surface area contributed by atoms with Gasteiger partial charge in [-0.15, -0.1) is 0 Å². The van der Waals surface area contributed by atoms with Crippen LogP contribution >= 0.6 is 0 Å². The van der Waals surface area contributed by atoms with Gasteiger partial charge in [-0.25, -0.2) is 4.79 Å². The standard InChI is InChI=1S/C15H22N2O4/c1-15(2,3)21-14(20)17-11(9-13(18)19)8-10-6-4-5-7-12(10)16/h4-7,11H,8-9,16H2,1-3H3,(H,17,20)(H,18,19). The fourth-order valence-electron chi connectivity index (χ4n) is 1.84. The quantitative estimate of drug-likeness (QED) is 0.722. The third-order valence-electron chi connectivity index (χ3n) is 2.66. The fourth-order valence-corrected chi connectivity index (χ4v) is 1.84. The second-order valence-corrected chi connectivity index (χ2v) is 5.84. The molecule has 0 heterocycles. The number of para-hydroxylation sites is 1. The zero-order chi connectivity index (χ0) is 16.0. The topological polar surface area (TPSA) is 102 Å². The second-order valence-electron chi connectivity index (χ2n) is 5.84. The number of carboxylic acids is 1. The van der Waals surface area contributed by atoms with E-state index < -0.39 is 23.7 Å². The van der Waals surface area contributed by atoms with Gasteiger partial charge in [0.05, 0.1) is 6.42 Å². The van der Waals surface area contributed by atoms with Crippen LogP contribution in [0.1, 0.15) is 32.8 Å². The third-order valence-corrected chi connectivity index (χ3v) is 2.66. The average Bonchev–Trinajstić information content (AvgIpc) is 2.28. The summed E-state index contributed by atoms with van der Waals surface area (Å²) in [6.07, 6.45) is -0.505. The lowest BCUT2D eigenvalue weighted by molar-refractivity contribution is -0.137. The number of hydrogen-bond acceptors (Lipinski definition) is 4. The van der Waals surface area contributed by atoms with Crippen LogP contribution in [0.3, 0.4) is 0 Å².